The van der Waals surface area contributed by atoms with Crippen molar-refractivity contribution in [1.29, 1.82) is 5.26 Å². The number of rotatable bonds is 7. The molecule has 1 unspecified atom stereocenters. The quantitative estimate of drug-likeness (QED) is 0.359. The molecule has 2 N–H and O–H groups in total. The van der Waals surface area contributed by atoms with Crippen LogP contribution in [-0.2, 0) is 4.74 Å². The van der Waals surface area contributed by atoms with Crippen LogP contribution in [0.3, 0.4) is 0 Å². The normalized spacial score (nSPS) is 14.3. The van der Waals surface area contributed by atoms with Crippen LogP contribution < -0.4 is 19.9 Å². The maximum Gasteiger partial charge on any atom is 0.343 e. The minimum absolute atomic E-state index is 0.0440. The van der Waals surface area contributed by atoms with E-state index in [0.29, 0.717) is 40.7 Å². The summed E-state index contributed by atoms with van der Waals surface area (Å²) < 4.78 is 21.7. The summed E-state index contributed by atoms with van der Waals surface area (Å²) in [5.74, 6) is 0.122. The molecule has 8 nitrogen and oxygen atoms in total. The Balaban J connectivity index is 1.57. The van der Waals surface area contributed by atoms with E-state index in [9.17, 15) is 14.9 Å². The fraction of sp³-hybridized carbons (Fsp3) is 0.207. The van der Waals surface area contributed by atoms with Gasteiger partial charge in [0.25, 0.3) is 0 Å². The Hall–Kier alpha value is -4.77. The minimum atomic E-state index is -0.539. The lowest BCUT2D eigenvalue weighted by Gasteiger charge is -2.26. The van der Waals surface area contributed by atoms with Gasteiger partial charge in [0.15, 0.2) is 0 Å². The van der Waals surface area contributed by atoms with Crippen LogP contribution in [0, 0.1) is 17.2 Å². The van der Waals surface area contributed by atoms with E-state index in [2.05, 4.69) is 19.9 Å². The molecule has 3 aromatic rings. The molecule has 37 heavy (non-hydrogen) atoms. The Morgan fingerprint density at radius 3 is 2.22 bits per heavy atom. The third kappa shape index (κ3) is 5.57. The van der Waals surface area contributed by atoms with Gasteiger partial charge in [-0.3, -0.25) is 0 Å². The molecule has 0 aliphatic carbocycles. The molecular weight excluding hydrogens is 472 g/mol. The summed E-state index contributed by atoms with van der Waals surface area (Å²) in [5.41, 5.74) is 8.47. The van der Waals surface area contributed by atoms with Gasteiger partial charge in [-0.2, -0.15) is 5.26 Å². The van der Waals surface area contributed by atoms with Gasteiger partial charge in [-0.1, -0.05) is 32.0 Å². The van der Waals surface area contributed by atoms with Crippen molar-refractivity contribution in [2.75, 3.05) is 13.7 Å². The number of nitrogens with zero attached hydrogens (tertiary/aromatic N) is 1. The molecule has 0 saturated carbocycles. The van der Waals surface area contributed by atoms with Crippen molar-refractivity contribution in [3.8, 4) is 23.3 Å². The first-order chi connectivity index (χ1) is 17.8. The van der Waals surface area contributed by atoms with Gasteiger partial charge in [0.05, 0.1) is 30.8 Å². The van der Waals surface area contributed by atoms with E-state index in [1.165, 1.54) is 7.11 Å². The molecule has 0 fully saturated rings. The lowest BCUT2D eigenvalue weighted by molar-refractivity contribution is 0.0600. The zero-order valence-electron chi connectivity index (χ0n) is 20.7. The molecule has 0 spiro atoms. The average molecular weight is 499 g/mol. The smallest absolute Gasteiger partial charge is 0.343 e. The summed E-state index contributed by atoms with van der Waals surface area (Å²) in [7, 11) is 1.31. The molecule has 1 heterocycles. The van der Waals surface area contributed by atoms with Crippen LogP contribution in [0.5, 0.6) is 17.2 Å². The lowest BCUT2D eigenvalue weighted by atomic mass is 9.83. The molecule has 8 heteroatoms. The molecule has 1 aliphatic heterocycles. The van der Waals surface area contributed by atoms with Crippen LogP contribution >= 0.6 is 0 Å². The number of esters is 2. The van der Waals surface area contributed by atoms with Gasteiger partial charge in [0.1, 0.15) is 28.9 Å². The molecule has 1 atom stereocenters. The maximum atomic E-state index is 12.7. The van der Waals surface area contributed by atoms with Crippen molar-refractivity contribution in [2.45, 2.75) is 19.8 Å². The van der Waals surface area contributed by atoms with E-state index in [1.807, 2.05) is 0 Å². The van der Waals surface area contributed by atoms with Gasteiger partial charge in [0.2, 0.25) is 5.88 Å². The third-order valence-corrected chi connectivity index (χ3v) is 5.74. The summed E-state index contributed by atoms with van der Waals surface area (Å²) in [6.07, 6.45) is 0. The second kappa shape index (κ2) is 10.9. The Bertz CT molecular complexity index is 1390. The van der Waals surface area contributed by atoms with Crippen LogP contribution in [0.25, 0.3) is 0 Å². The van der Waals surface area contributed by atoms with E-state index in [4.69, 9.17) is 24.7 Å². The predicted octanol–water partition coefficient (Wildman–Crippen LogP) is 4.95. The molecule has 0 saturated heterocycles. The summed E-state index contributed by atoms with van der Waals surface area (Å²) in [4.78, 5) is 24.5. The van der Waals surface area contributed by atoms with Crippen molar-refractivity contribution >= 4 is 11.9 Å². The number of allylic oxidation sites excluding steroid dienone is 1. The van der Waals surface area contributed by atoms with Crippen molar-refractivity contribution < 1.29 is 28.5 Å². The summed E-state index contributed by atoms with van der Waals surface area (Å²) in [5, 5.41) is 9.76. The van der Waals surface area contributed by atoms with Crippen LogP contribution in [0.2, 0.25) is 0 Å². The molecule has 188 valence electrons. The molecule has 0 bridgehead atoms. The topological polar surface area (TPSA) is 121 Å². The van der Waals surface area contributed by atoms with Crippen LogP contribution in [0.1, 0.15) is 51.6 Å². The number of nitriles is 1. The minimum Gasteiger partial charge on any atom is -0.493 e. The Labute approximate surface area is 214 Å². The summed E-state index contributed by atoms with van der Waals surface area (Å²) in [6, 6.07) is 20.5. The van der Waals surface area contributed by atoms with Crippen LogP contribution in [0.15, 0.2) is 78.2 Å². The fourth-order valence-electron chi connectivity index (χ4n) is 3.89. The number of nitrogens with two attached hydrogens (primary N) is 1. The van der Waals surface area contributed by atoms with Crippen molar-refractivity contribution in [3.63, 3.8) is 0 Å². The number of fused-ring (bicyclic) bond motifs is 1. The van der Waals surface area contributed by atoms with Gasteiger partial charge >= 0.3 is 11.9 Å². The zero-order chi connectivity index (χ0) is 26.5. The first kappa shape index (κ1) is 25.3. The van der Waals surface area contributed by atoms with Gasteiger partial charge < -0.3 is 24.7 Å². The number of carbonyl (C=O) groups is 2. The molecule has 0 aromatic heterocycles. The number of methoxy groups -OCH3 is 1. The van der Waals surface area contributed by atoms with E-state index in [1.54, 1.807) is 66.7 Å². The van der Waals surface area contributed by atoms with Gasteiger partial charge in [-0.15, -0.1) is 0 Å². The highest BCUT2D eigenvalue weighted by Crippen LogP contribution is 2.43. The van der Waals surface area contributed by atoms with Gasteiger partial charge in [0, 0.05) is 11.6 Å². The highest BCUT2D eigenvalue weighted by Gasteiger charge is 2.31. The molecular formula is C29H26N2O6. The lowest BCUT2D eigenvalue weighted by Crippen LogP contribution is -2.21. The van der Waals surface area contributed by atoms with E-state index >= 15 is 0 Å². The van der Waals surface area contributed by atoms with Gasteiger partial charge in [-0.25, -0.2) is 9.59 Å². The van der Waals surface area contributed by atoms with E-state index in [0.717, 1.165) is 5.56 Å². The molecule has 0 radical (unpaired) electrons. The van der Waals surface area contributed by atoms with Crippen molar-refractivity contribution in [1.82, 2.24) is 0 Å². The standard InChI is InChI=1S/C29H26N2O6/c1-17(2)16-35-21-10-8-20(9-11-21)29(33)36-22-12-13-23-25(14-22)37-27(31)24(15-30)26(23)18-4-6-19(7-5-18)28(32)34-3/h4-14,17,26H,16,31H2,1-3H3. The van der Waals surface area contributed by atoms with E-state index < -0.39 is 17.9 Å². The monoisotopic (exact) mass is 498 g/mol. The molecule has 0 amide bonds. The van der Waals surface area contributed by atoms with Crippen LogP contribution in [-0.4, -0.2) is 25.7 Å². The SMILES string of the molecule is COC(=O)c1ccc(C2C(C#N)=C(N)Oc3cc(OC(=O)c4ccc(OCC(C)C)cc4)ccc32)cc1. The fourth-order valence-corrected chi connectivity index (χ4v) is 3.89. The second-order valence-electron chi connectivity index (χ2n) is 8.86. The number of hydrogen-bond acceptors (Lipinski definition) is 8. The first-order valence-electron chi connectivity index (χ1n) is 11.7. The zero-order valence-corrected chi connectivity index (χ0v) is 20.7. The van der Waals surface area contributed by atoms with Crippen LogP contribution in [0.4, 0.5) is 0 Å². The largest absolute Gasteiger partial charge is 0.493 e. The van der Waals surface area contributed by atoms with E-state index in [-0.39, 0.29) is 17.2 Å². The molecule has 3 aromatic carbocycles. The highest BCUT2D eigenvalue weighted by atomic mass is 16.5. The Kier molecular flexibility index (Phi) is 7.44. The average Bonchev–Trinajstić information content (AvgIpc) is 2.91. The molecule has 4 rings (SSSR count). The number of carbonyl (C=O) groups excluding carboxylic acids is 2. The third-order valence-electron chi connectivity index (χ3n) is 5.74. The summed E-state index contributed by atoms with van der Waals surface area (Å²) >= 11 is 0. The predicted molar refractivity (Wildman–Crippen MR) is 135 cm³/mol. The molecule has 1 aliphatic rings. The Morgan fingerprint density at radius 2 is 1.59 bits per heavy atom. The highest BCUT2D eigenvalue weighted by molar-refractivity contribution is 5.91. The maximum absolute atomic E-state index is 12.7. The second-order valence-corrected chi connectivity index (χ2v) is 8.86. The Morgan fingerprint density at radius 1 is 0.973 bits per heavy atom. The first-order valence-corrected chi connectivity index (χ1v) is 11.7. The van der Waals surface area contributed by atoms with Gasteiger partial charge in [-0.05, 0) is 53.9 Å². The van der Waals surface area contributed by atoms with Crippen molar-refractivity contribution in [3.05, 3.63) is 100 Å². The number of hydrogen-bond donors (Lipinski definition) is 1. The summed E-state index contributed by atoms with van der Waals surface area (Å²) in [6.45, 7) is 4.70. The van der Waals surface area contributed by atoms with Crippen molar-refractivity contribution in [2.24, 2.45) is 11.7 Å². The number of ether oxygens (including phenoxy) is 4. The number of benzene rings is 3.